The van der Waals surface area contributed by atoms with E-state index in [1.165, 1.54) is 36.7 Å². The van der Waals surface area contributed by atoms with Crippen molar-refractivity contribution in [2.45, 2.75) is 20.0 Å². The number of nitrogens with zero attached hydrogens (tertiary/aromatic N) is 1. The van der Waals surface area contributed by atoms with Crippen LogP contribution in [0.3, 0.4) is 0 Å². The Bertz CT molecular complexity index is 996. The number of pyridine rings is 1. The van der Waals surface area contributed by atoms with Gasteiger partial charge in [-0.2, -0.15) is 13.2 Å². The van der Waals surface area contributed by atoms with Crippen LogP contribution in [0, 0.1) is 13.8 Å². The highest BCUT2D eigenvalue weighted by Crippen LogP contribution is 2.35. The standard InChI is InChI=1S/C21H18F3N3O/c1-13-7-14(2)9-16(8-13)27-20(28)15-10-17(12-25-11-15)26-19-6-4-3-5-18(19)21(22,23)24/h3-12,26H,1-2H3,(H,27,28). The van der Waals surface area contributed by atoms with Crippen LogP contribution >= 0.6 is 0 Å². The number of hydrogen-bond acceptors (Lipinski definition) is 3. The highest BCUT2D eigenvalue weighted by Gasteiger charge is 2.33. The molecule has 28 heavy (non-hydrogen) atoms. The zero-order valence-corrected chi connectivity index (χ0v) is 15.3. The van der Waals surface area contributed by atoms with Crippen molar-refractivity contribution in [2.75, 3.05) is 10.6 Å². The molecule has 1 amide bonds. The third kappa shape index (κ3) is 4.68. The summed E-state index contributed by atoms with van der Waals surface area (Å²) in [4.78, 5) is 16.5. The Hall–Kier alpha value is -3.35. The molecule has 7 heteroatoms. The maximum atomic E-state index is 13.1. The summed E-state index contributed by atoms with van der Waals surface area (Å²) in [6.45, 7) is 3.85. The number of aromatic nitrogens is 1. The molecule has 0 atom stereocenters. The van der Waals surface area contributed by atoms with E-state index in [0.717, 1.165) is 17.2 Å². The topological polar surface area (TPSA) is 54.0 Å². The van der Waals surface area contributed by atoms with Crippen LogP contribution in [0.4, 0.5) is 30.2 Å². The Labute approximate surface area is 160 Å². The van der Waals surface area contributed by atoms with Gasteiger partial charge in [0.1, 0.15) is 0 Å². The van der Waals surface area contributed by atoms with Gasteiger partial charge in [0, 0.05) is 11.9 Å². The monoisotopic (exact) mass is 385 g/mol. The number of carbonyl (C=O) groups is 1. The fourth-order valence-electron chi connectivity index (χ4n) is 2.88. The SMILES string of the molecule is Cc1cc(C)cc(NC(=O)c2cncc(Nc3ccccc3C(F)(F)F)c2)c1. The molecule has 3 rings (SSSR count). The lowest BCUT2D eigenvalue weighted by molar-refractivity contribution is -0.136. The summed E-state index contributed by atoms with van der Waals surface area (Å²) < 4.78 is 39.4. The summed E-state index contributed by atoms with van der Waals surface area (Å²) in [5.74, 6) is -0.398. The van der Waals surface area contributed by atoms with E-state index in [4.69, 9.17) is 0 Å². The molecule has 0 aliphatic heterocycles. The van der Waals surface area contributed by atoms with Crippen molar-refractivity contribution in [2.24, 2.45) is 0 Å². The first-order valence-corrected chi connectivity index (χ1v) is 8.50. The largest absolute Gasteiger partial charge is 0.418 e. The van der Waals surface area contributed by atoms with Gasteiger partial charge in [0.05, 0.1) is 28.7 Å². The lowest BCUT2D eigenvalue weighted by Crippen LogP contribution is -2.13. The van der Waals surface area contributed by atoms with Crippen LogP contribution in [-0.2, 0) is 6.18 Å². The fraction of sp³-hybridized carbons (Fsp3) is 0.143. The number of rotatable bonds is 4. The number of halogens is 3. The Morgan fingerprint density at radius 2 is 1.61 bits per heavy atom. The molecule has 0 bridgehead atoms. The molecule has 0 saturated heterocycles. The quantitative estimate of drug-likeness (QED) is 0.605. The molecule has 0 saturated carbocycles. The predicted octanol–water partition coefficient (Wildman–Crippen LogP) is 5.71. The van der Waals surface area contributed by atoms with Crippen molar-refractivity contribution in [3.8, 4) is 0 Å². The number of nitrogens with one attached hydrogen (secondary N) is 2. The van der Waals surface area contributed by atoms with Crippen molar-refractivity contribution in [1.82, 2.24) is 4.98 Å². The molecule has 144 valence electrons. The van der Waals surface area contributed by atoms with Gasteiger partial charge in [-0.05, 0) is 55.3 Å². The first-order valence-electron chi connectivity index (χ1n) is 8.50. The molecular weight excluding hydrogens is 367 g/mol. The molecule has 0 aliphatic carbocycles. The van der Waals surface area contributed by atoms with Crippen LogP contribution < -0.4 is 10.6 Å². The van der Waals surface area contributed by atoms with E-state index in [0.29, 0.717) is 5.69 Å². The molecule has 0 fully saturated rings. The highest BCUT2D eigenvalue weighted by atomic mass is 19.4. The minimum atomic E-state index is -4.49. The average molecular weight is 385 g/mol. The summed E-state index contributed by atoms with van der Waals surface area (Å²) in [6, 6.07) is 12.2. The third-order valence-electron chi connectivity index (χ3n) is 3.99. The Balaban J connectivity index is 1.82. The average Bonchev–Trinajstić information content (AvgIpc) is 2.60. The summed E-state index contributed by atoms with van der Waals surface area (Å²) in [5.41, 5.74) is 2.27. The molecule has 0 unspecified atom stereocenters. The molecular formula is C21H18F3N3O. The molecule has 4 nitrogen and oxygen atoms in total. The van der Waals surface area contributed by atoms with E-state index in [1.807, 2.05) is 32.0 Å². The first kappa shape index (κ1) is 19.4. The Kier molecular flexibility index (Phi) is 5.35. The van der Waals surface area contributed by atoms with Crippen LogP contribution in [0.25, 0.3) is 0 Å². The van der Waals surface area contributed by atoms with Gasteiger partial charge in [-0.1, -0.05) is 18.2 Å². The number of carbonyl (C=O) groups excluding carboxylic acids is 1. The van der Waals surface area contributed by atoms with Gasteiger partial charge in [-0.25, -0.2) is 0 Å². The molecule has 3 aromatic rings. The highest BCUT2D eigenvalue weighted by molar-refractivity contribution is 6.04. The van der Waals surface area contributed by atoms with Crippen molar-refractivity contribution >= 4 is 23.0 Å². The zero-order chi connectivity index (χ0) is 20.3. The third-order valence-corrected chi connectivity index (χ3v) is 3.99. The minimum Gasteiger partial charge on any atom is -0.354 e. The van der Waals surface area contributed by atoms with E-state index < -0.39 is 17.6 Å². The number of aryl methyl sites for hydroxylation is 2. The maximum Gasteiger partial charge on any atom is 0.418 e. The summed E-state index contributed by atoms with van der Waals surface area (Å²) in [7, 11) is 0. The molecule has 1 aromatic heterocycles. The van der Waals surface area contributed by atoms with Gasteiger partial charge < -0.3 is 10.6 Å². The van der Waals surface area contributed by atoms with Crippen LogP contribution in [0.15, 0.2) is 60.9 Å². The van der Waals surface area contributed by atoms with Crippen LogP contribution in [0.2, 0.25) is 0 Å². The fourth-order valence-corrected chi connectivity index (χ4v) is 2.88. The van der Waals surface area contributed by atoms with E-state index in [1.54, 1.807) is 0 Å². The van der Waals surface area contributed by atoms with Crippen molar-refractivity contribution < 1.29 is 18.0 Å². The van der Waals surface area contributed by atoms with E-state index in [9.17, 15) is 18.0 Å². The van der Waals surface area contributed by atoms with E-state index in [-0.39, 0.29) is 16.9 Å². The second kappa shape index (κ2) is 7.72. The minimum absolute atomic E-state index is 0.108. The lowest BCUT2D eigenvalue weighted by atomic mass is 10.1. The summed E-state index contributed by atoms with van der Waals surface area (Å²) >= 11 is 0. The van der Waals surface area contributed by atoms with Crippen LogP contribution in [0.1, 0.15) is 27.0 Å². The van der Waals surface area contributed by atoms with Gasteiger partial charge >= 0.3 is 6.18 Å². The lowest BCUT2D eigenvalue weighted by Gasteiger charge is -2.14. The van der Waals surface area contributed by atoms with Gasteiger partial charge in [0.2, 0.25) is 0 Å². The normalized spacial score (nSPS) is 11.2. The first-order chi connectivity index (χ1) is 13.2. The second-order valence-electron chi connectivity index (χ2n) is 6.46. The molecule has 0 spiro atoms. The van der Waals surface area contributed by atoms with Gasteiger partial charge in [-0.3, -0.25) is 9.78 Å². The summed E-state index contributed by atoms with van der Waals surface area (Å²) in [6.07, 6.45) is -1.77. The Morgan fingerprint density at radius 1 is 0.929 bits per heavy atom. The van der Waals surface area contributed by atoms with Crippen LogP contribution in [0.5, 0.6) is 0 Å². The smallest absolute Gasteiger partial charge is 0.354 e. The number of anilines is 3. The molecule has 1 heterocycles. The van der Waals surface area contributed by atoms with E-state index >= 15 is 0 Å². The van der Waals surface area contributed by atoms with E-state index in [2.05, 4.69) is 15.6 Å². The van der Waals surface area contributed by atoms with Gasteiger partial charge in [0.15, 0.2) is 0 Å². The van der Waals surface area contributed by atoms with Crippen molar-refractivity contribution in [1.29, 1.82) is 0 Å². The maximum absolute atomic E-state index is 13.1. The van der Waals surface area contributed by atoms with Crippen molar-refractivity contribution in [3.63, 3.8) is 0 Å². The zero-order valence-electron chi connectivity index (χ0n) is 15.3. The number of alkyl halides is 3. The molecule has 0 aliphatic rings. The predicted molar refractivity (Wildman–Crippen MR) is 103 cm³/mol. The van der Waals surface area contributed by atoms with Gasteiger partial charge in [-0.15, -0.1) is 0 Å². The Morgan fingerprint density at radius 3 is 2.29 bits per heavy atom. The summed E-state index contributed by atoms with van der Waals surface area (Å²) in [5, 5.41) is 5.47. The number of para-hydroxylation sites is 1. The molecule has 2 N–H and O–H groups in total. The van der Waals surface area contributed by atoms with Gasteiger partial charge in [0.25, 0.3) is 5.91 Å². The number of benzene rings is 2. The second-order valence-corrected chi connectivity index (χ2v) is 6.46. The molecule has 2 aromatic carbocycles. The number of hydrogen-bond donors (Lipinski definition) is 2. The van der Waals surface area contributed by atoms with Crippen molar-refractivity contribution in [3.05, 3.63) is 83.2 Å². The molecule has 0 radical (unpaired) electrons. The van der Waals surface area contributed by atoms with Crippen LogP contribution in [-0.4, -0.2) is 10.9 Å². The number of amides is 1.